The van der Waals surface area contributed by atoms with Crippen LogP contribution in [0.15, 0.2) is 22.7 Å². The third-order valence-electron chi connectivity index (χ3n) is 3.35. The zero-order valence-corrected chi connectivity index (χ0v) is 12.7. The Morgan fingerprint density at radius 1 is 1.53 bits per heavy atom. The highest BCUT2D eigenvalue weighted by Gasteiger charge is 2.34. The van der Waals surface area contributed by atoms with Crippen LogP contribution in [0.2, 0.25) is 0 Å². The van der Waals surface area contributed by atoms with Crippen LogP contribution in [0.5, 0.6) is 0 Å². The van der Waals surface area contributed by atoms with Crippen molar-refractivity contribution < 1.29 is 9.59 Å². The number of halogens is 1. The third kappa shape index (κ3) is 2.45. The molecule has 0 saturated heterocycles. The average molecular weight is 326 g/mol. The predicted molar refractivity (Wildman–Crippen MR) is 75.8 cm³/mol. The molecule has 6 heteroatoms. The van der Waals surface area contributed by atoms with E-state index < -0.39 is 0 Å². The molecule has 3 amide bonds. The van der Waals surface area contributed by atoms with Crippen molar-refractivity contribution in [2.75, 3.05) is 20.8 Å². The fraction of sp³-hybridized carbons (Fsp3) is 0.385. The lowest BCUT2D eigenvalue weighted by Crippen LogP contribution is -2.43. The molecular weight excluding hydrogens is 310 g/mol. The molecule has 1 heterocycles. The topological polar surface area (TPSA) is 52.7 Å². The molecule has 19 heavy (non-hydrogen) atoms. The number of carbonyl (C=O) groups excluding carboxylic acids is 2. The van der Waals surface area contributed by atoms with Crippen molar-refractivity contribution in [2.24, 2.45) is 0 Å². The highest BCUT2D eigenvalue weighted by atomic mass is 79.9. The first-order valence-electron chi connectivity index (χ1n) is 5.99. The maximum atomic E-state index is 12.4. The van der Waals surface area contributed by atoms with Gasteiger partial charge in [0.1, 0.15) is 0 Å². The minimum Gasteiger partial charge on any atom is -0.341 e. The Labute approximate surface area is 120 Å². The molecular formula is C13H16BrN3O2. The highest BCUT2D eigenvalue weighted by Crippen LogP contribution is 2.34. The zero-order valence-electron chi connectivity index (χ0n) is 11.1. The fourth-order valence-electron chi connectivity index (χ4n) is 2.25. The quantitative estimate of drug-likeness (QED) is 0.906. The number of nitrogens with one attached hydrogen (secondary N) is 1. The third-order valence-corrected chi connectivity index (χ3v) is 3.84. The van der Waals surface area contributed by atoms with Gasteiger partial charge in [-0.2, -0.15) is 0 Å². The first-order chi connectivity index (χ1) is 8.95. The van der Waals surface area contributed by atoms with Gasteiger partial charge in [0.05, 0.1) is 12.7 Å². The van der Waals surface area contributed by atoms with E-state index in [1.807, 2.05) is 25.1 Å². The molecule has 1 N–H and O–H groups in total. The van der Waals surface area contributed by atoms with Crippen molar-refractivity contribution in [2.45, 2.75) is 13.0 Å². The van der Waals surface area contributed by atoms with Gasteiger partial charge in [0.15, 0.2) is 0 Å². The van der Waals surface area contributed by atoms with Crippen molar-refractivity contribution >= 4 is 27.9 Å². The van der Waals surface area contributed by atoms with E-state index in [1.165, 1.54) is 4.90 Å². The smallest absolute Gasteiger partial charge is 0.318 e. The van der Waals surface area contributed by atoms with Crippen LogP contribution in [0, 0.1) is 0 Å². The van der Waals surface area contributed by atoms with Crippen molar-refractivity contribution in [3.63, 3.8) is 0 Å². The normalized spacial score (nSPS) is 17.4. The number of hydrogen-bond donors (Lipinski definition) is 1. The molecule has 1 aromatic rings. The first kappa shape index (κ1) is 13.9. The van der Waals surface area contributed by atoms with Crippen LogP contribution in [-0.2, 0) is 0 Å². The molecule has 5 nitrogen and oxygen atoms in total. The monoisotopic (exact) mass is 325 g/mol. The van der Waals surface area contributed by atoms with E-state index in [2.05, 4.69) is 21.2 Å². The summed E-state index contributed by atoms with van der Waals surface area (Å²) < 4.78 is 0.883. The Morgan fingerprint density at radius 3 is 2.84 bits per heavy atom. The van der Waals surface area contributed by atoms with Crippen molar-refractivity contribution in [3.8, 4) is 0 Å². The molecule has 0 saturated carbocycles. The van der Waals surface area contributed by atoms with Crippen LogP contribution < -0.4 is 5.32 Å². The second-order valence-electron chi connectivity index (χ2n) is 4.58. The van der Waals surface area contributed by atoms with Crippen LogP contribution >= 0.6 is 15.9 Å². The molecule has 0 fully saturated rings. The Hall–Kier alpha value is -1.56. The molecule has 1 aliphatic rings. The number of hydrogen-bond acceptors (Lipinski definition) is 2. The number of urea groups is 1. The van der Waals surface area contributed by atoms with Gasteiger partial charge in [0.25, 0.3) is 5.91 Å². The summed E-state index contributed by atoms with van der Waals surface area (Å²) in [5, 5.41) is 2.54. The van der Waals surface area contributed by atoms with Crippen LogP contribution in [0.4, 0.5) is 4.79 Å². The Bertz CT molecular complexity index is 533. The van der Waals surface area contributed by atoms with E-state index in [9.17, 15) is 9.59 Å². The van der Waals surface area contributed by atoms with Gasteiger partial charge in [0.2, 0.25) is 0 Å². The molecule has 102 valence electrons. The summed E-state index contributed by atoms with van der Waals surface area (Å²) in [7, 11) is 3.23. The fourth-order valence-corrected chi connectivity index (χ4v) is 2.61. The van der Waals surface area contributed by atoms with E-state index in [-0.39, 0.29) is 24.6 Å². The lowest BCUT2D eigenvalue weighted by atomic mass is 10.1. The predicted octanol–water partition coefficient (Wildman–Crippen LogP) is 2.19. The van der Waals surface area contributed by atoms with E-state index in [0.29, 0.717) is 5.56 Å². The molecule has 0 aromatic heterocycles. The molecule has 0 aliphatic carbocycles. The number of amides is 3. The molecule has 0 bridgehead atoms. The zero-order chi connectivity index (χ0) is 14.2. The van der Waals surface area contributed by atoms with Crippen molar-refractivity contribution in [1.82, 2.24) is 15.1 Å². The molecule has 0 spiro atoms. The summed E-state index contributed by atoms with van der Waals surface area (Å²) in [6, 6.07) is 5.46. The van der Waals surface area contributed by atoms with Gasteiger partial charge >= 0.3 is 6.03 Å². The number of fused-ring (bicyclic) bond motifs is 1. The van der Waals surface area contributed by atoms with Gasteiger partial charge in [-0.15, -0.1) is 0 Å². The molecule has 2 rings (SSSR count). The summed E-state index contributed by atoms with van der Waals surface area (Å²) in [5.41, 5.74) is 1.70. The average Bonchev–Trinajstić information content (AvgIpc) is 2.62. The largest absolute Gasteiger partial charge is 0.341 e. The molecule has 0 radical (unpaired) electrons. The highest BCUT2D eigenvalue weighted by molar-refractivity contribution is 9.10. The van der Waals surface area contributed by atoms with Gasteiger partial charge in [-0.1, -0.05) is 22.0 Å². The minimum absolute atomic E-state index is 0.0253. The van der Waals surface area contributed by atoms with Crippen LogP contribution in [0.1, 0.15) is 28.9 Å². The van der Waals surface area contributed by atoms with E-state index >= 15 is 0 Å². The summed E-state index contributed by atoms with van der Waals surface area (Å²) >= 11 is 3.37. The van der Waals surface area contributed by atoms with Gasteiger partial charge in [0, 0.05) is 24.1 Å². The maximum Gasteiger partial charge on any atom is 0.318 e. The van der Waals surface area contributed by atoms with Gasteiger partial charge in [-0.3, -0.25) is 4.79 Å². The molecule has 1 aliphatic heterocycles. The van der Waals surface area contributed by atoms with Crippen LogP contribution in [0.3, 0.4) is 0 Å². The van der Waals surface area contributed by atoms with E-state index in [0.717, 1.165) is 10.0 Å². The number of nitrogens with zero attached hydrogens (tertiary/aromatic N) is 2. The summed E-state index contributed by atoms with van der Waals surface area (Å²) in [6.45, 7) is 2.24. The maximum absolute atomic E-state index is 12.4. The van der Waals surface area contributed by atoms with Gasteiger partial charge in [-0.05, 0) is 24.6 Å². The summed E-state index contributed by atoms with van der Waals surface area (Å²) in [5.74, 6) is -0.0421. The lowest BCUT2D eigenvalue weighted by Gasteiger charge is -2.27. The van der Waals surface area contributed by atoms with Crippen molar-refractivity contribution in [3.05, 3.63) is 33.8 Å². The standard InChI is InChI=1S/C13H16BrN3O2/c1-8-10-5-4-9(14)6-11(10)12(18)17(8)7-16(3)13(19)15-2/h4-6,8H,7H2,1-3H3,(H,15,19)/t8-/m1/s1. The van der Waals surface area contributed by atoms with E-state index in [4.69, 9.17) is 0 Å². The summed E-state index contributed by atoms with van der Waals surface area (Å²) in [6.07, 6.45) is 0. The SMILES string of the molecule is CNC(=O)N(C)CN1C(=O)c2cc(Br)ccc2[C@H]1C. The summed E-state index contributed by atoms with van der Waals surface area (Å²) in [4.78, 5) is 27.0. The first-order valence-corrected chi connectivity index (χ1v) is 6.78. The van der Waals surface area contributed by atoms with E-state index in [1.54, 1.807) is 19.0 Å². The van der Waals surface area contributed by atoms with Crippen LogP contribution in [0.25, 0.3) is 0 Å². The van der Waals surface area contributed by atoms with Crippen molar-refractivity contribution in [1.29, 1.82) is 0 Å². The Morgan fingerprint density at radius 2 is 2.21 bits per heavy atom. The Balaban J connectivity index is 2.23. The van der Waals surface area contributed by atoms with Gasteiger partial charge in [-0.25, -0.2) is 4.79 Å². The van der Waals surface area contributed by atoms with Crippen LogP contribution in [-0.4, -0.2) is 42.5 Å². The molecule has 1 atom stereocenters. The minimum atomic E-state index is -0.211. The lowest BCUT2D eigenvalue weighted by molar-refractivity contribution is 0.0650. The molecule has 0 unspecified atom stereocenters. The number of carbonyl (C=O) groups is 2. The number of rotatable bonds is 2. The molecule has 1 aromatic carbocycles. The number of benzene rings is 1. The Kier molecular flexibility index (Phi) is 3.80. The second kappa shape index (κ2) is 5.21. The van der Waals surface area contributed by atoms with Gasteiger partial charge < -0.3 is 15.1 Å². The second-order valence-corrected chi connectivity index (χ2v) is 5.49.